The lowest BCUT2D eigenvalue weighted by Crippen LogP contribution is -1.95. The van der Waals surface area contributed by atoms with Gasteiger partial charge in [-0.25, -0.2) is 0 Å². The first-order valence-corrected chi connectivity index (χ1v) is 9.50. The van der Waals surface area contributed by atoms with Gasteiger partial charge >= 0.3 is 0 Å². The lowest BCUT2D eigenvalue weighted by molar-refractivity contribution is 0.324. The van der Waals surface area contributed by atoms with Crippen molar-refractivity contribution in [3.8, 4) is 29.1 Å². The molecule has 0 amide bonds. The van der Waals surface area contributed by atoms with Crippen molar-refractivity contribution in [2.24, 2.45) is 0 Å². The van der Waals surface area contributed by atoms with Crippen LogP contribution >= 0.6 is 0 Å². The minimum atomic E-state index is 0.151. The molecule has 1 heterocycles. The molecule has 8 nitrogen and oxygen atoms in total. The second-order valence-electron chi connectivity index (χ2n) is 6.22. The largest absolute Gasteiger partial charge is 0.494 e. The highest BCUT2D eigenvalue weighted by molar-refractivity contribution is 5.71. The molecule has 3 aromatic rings. The summed E-state index contributed by atoms with van der Waals surface area (Å²) in [5.74, 6) is 2.87. The Morgan fingerprint density at radius 1 is 1.03 bits per heavy atom. The second kappa shape index (κ2) is 10.1. The predicted molar refractivity (Wildman–Crippen MR) is 117 cm³/mol. The summed E-state index contributed by atoms with van der Waals surface area (Å²) in [6.45, 7) is 2.52. The molecule has 3 rings (SSSR count). The van der Waals surface area contributed by atoms with Crippen LogP contribution in [0.5, 0.6) is 23.0 Å². The van der Waals surface area contributed by atoms with Gasteiger partial charge in [0, 0.05) is 11.8 Å². The van der Waals surface area contributed by atoms with Gasteiger partial charge in [-0.3, -0.25) is 0 Å². The first kappa shape index (κ1) is 21.6. The van der Waals surface area contributed by atoms with Gasteiger partial charge in [-0.1, -0.05) is 0 Å². The van der Waals surface area contributed by atoms with E-state index in [0.29, 0.717) is 23.9 Å². The van der Waals surface area contributed by atoms with Gasteiger partial charge in [0.2, 0.25) is 23.2 Å². The zero-order valence-corrected chi connectivity index (χ0v) is 17.8. The topological polar surface area (TPSA) is 98.8 Å². The molecule has 0 aliphatic heterocycles. The Morgan fingerprint density at radius 3 is 2.26 bits per heavy atom. The Kier molecular flexibility index (Phi) is 7.01. The fraction of sp³-hybridized carbons (Fsp3) is 0.217. The maximum absolute atomic E-state index is 9.40. The first-order chi connectivity index (χ1) is 15.1. The number of hydrogen-bond acceptors (Lipinski definition) is 8. The molecular weight excluding hydrogens is 398 g/mol. The minimum Gasteiger partial charge on any atom is -0.494 e. The van der Waals surface area contributed by atoms with E-state index in [1.165, 1.54) is 0 Å². The van der Waals surface area contributed by atoms with E-state index in [1.54, 1.807) is 45.6 Å². The van der Waals surface area contributed by atoms with Crippen LogP contribution in [-0.4, -0.2) is 32.9 Å². The van der Waals surface area contributed by atoms with Crippen LogP contribution in [0.25, 0.3) is 12.2 Å². The summed E-state index contributed by atoms with van der Waals surface area (Å²) in [4.78, 5) is 4.22. The van der Waals surface area contributed by atoms with Crippen molar-refractivity contribution in [1.29, 1.82) is 5.26 Å². The SMILES string of the molecule is CCOc1ccc(Nc2oc(/C=C/c3cc(OC)c(OC)c(OC)c3)nc2C#N)cc1. The van der Waals surface area contributed by atoms with Crippen LogP contribution < -0.4 is 24.3 Å². The monoisotopic (exact) mass is 421 g/mol. The number of benzene rings is 2. The smallest absolute Gasteiger partial charge is 0.236 e. The zero-order chi connectivity index (χ0) is 22.2. The molecule has 0 radical (unpaired) electrons. The standard InChI is InChI=1S/C23H23N3O5/c1-5-30-17-9-7-16(8-10-17)25-23-18(14-24)26-21(31-23)11-6-15-12-19(27-2)22(29-4)20(13-15)28-3/h6-13,25H,5H2,1-4H3/b11-6+. The van der Waals surface area contributed by atoms with Crippen molar-refractivity contribution < 1.29 is 23.4 Å². The molecule has 0 unspecified atom stereocenters. The van der Waals surface area contributed by atoms with Crippen LogP contribution in [0.1, 0.15) is 24.1 Å². The Labute approximate surface area is 180 Å². The zero-order valence-electron chi connectivity index (χ0n) is 17.8. The van der Waals surface area contributed by atoms with Crippen LogP contribution in [0, 0.1) is 11.3 Å². The lowest BCUT2D eigenvalue weighted by atomic mass is 10.1. The summed E-state index contributed by atoms with van der Waals surface area (Å²) in [6, 6.07) is 13.0. The molecule has 0 aliphatic rings. The van der Waals surface area contributed by atoms with E-state index >= 15 is 0 Å². The quantitative estimate of drug-likeness (QED) is 0.522. The van der Waals surface area contributed by atoms with Crippen LogP contribution in [0.4, 0.5) is 11.6 Å². The third-order valence-electron chi connectivity index (χ3n) is 4.28. The van der Waals surface area contributed by atoms with Crippen molar-refractivity contribution in [3.05, 3.63) is 53.5 Å². The average Bonchev–Trinajstić information content (AvgIpc) is 3.19. The van der Waals surface area contributed by atoms with E-state index < -0.39 is 0 Å². The maximum Gasteiger partial charge on any atom is 0.236 e. The molecule has 0 bridgehead atoms. The van der Waals surface area contributed by atoms with Gasteiger partial charge in [0.15, 0.2) is 11.5 Å². The van der Waals surface area contributed by atoms with Crippen molar-refractivity contribution in [2.75, 3.05) is 33.3 Å². The van der Waals surface area contributed by atoms with Crippen LogP contribution in [0.2, 0.25) is 0 Å². The van der Waals surface area contributed by atoms with Gasteiger partial charge in [-0.2, -0.15) is 10.2 Å². The van der Waals surface area contributed by atoms with Gasteiger partial charge in [0.25, 0.3) is 0 Å². The van der Waals surface area contributed by atoms with E-state index in [2.05, 4.69) is 10.3 Å². The summed E-state index contributed by atoms with van der Waals surface area (Å²) >= 11 is 0. The summed E-state index contributed by atoms with van der Waals surface area (Å²) in [5.41, 5.74) is 1.68. The highest BCUT2D eigenvalue weighted by atomic mass is 16.5. The summed E-state index contributed by atoms with van der Waals surface area (Å²) in [5, 5.41) is 12.5. The molecule has 1 N–H and O–H groups in total. The molecule has 0 saturated carbocycles. The maximum atomic E-state index is 9.40. The van der Waals surface area contributed by atoms with Crippen molar-refractivity contribution in [2.45, 2.75) is 6.92 Å². The van der Waals surface area contributed by atoms with Crippen LogP contribution in [0.15, 0.2) is 40.8 Å². The molecule has 0 aliphatic carbocycles. The number of hydrogen-bond donors (Lipinski definition) is 1. The van der Waals surface area contributed by atoms with Gasteiger partial charge in [0.1, 0.15) is 11.8 Å². The molecular formula is C23H23N3O5. The molecule has 0 atom stereocenters. The predicted octanol–water partition coefficient (Wildman–Crippen LogP) is 4.88. The molecule has 0 spiro atoms. The molecule has 2 aromatic carbocycles. The summed E-state index contributed by atoms with van der Waals surface area (Å²) in [7, 11) is 4.65. The normalized spacial score (nSPS) is 10.5. The molecule has 0 fully saturated rings. The number of anilines is 2. The molecule has 8 heteroatoms. The number of nitrogens with one attached hydrogen (secondary N) is 1. The van der Waals surface area contributed by atoms with E-state index in [0.717, 1.165) is 17.0 Å². The Morgan fingerprint density at radius 2 is 1.71 bits per heavy atom. The van der Waals surface area contributed by atoms with Crippen molar-refractivity contribution in [3.63, 3.8) is 0 Å². The number of ether oxygens (including phenoxy) is 4. The Bertz CT molecular complexity index is 1070. The first-order valence-electron chi connectivity index (χ1n) is 9.50. The molecule has 31 heavy (non-hydrogen) atoms. The van der Waals surface area contributed by atoms with E-state index in [9.17, 15) is 5.26 Å². The second-order valence-corrected chi connectivity index (χ2v) is 6.22. The van der Waals surface area contributed by atoms with E-state index in [4.69, 9.17) is 23.4 Å². The lowest BCUT2D eigenvalue weighted by Gasteiger charge is -2.12. The van der Waals surface area contributed by atoms with Crippen LogP contribution in [0.3, 0.4) is 0 Å². The van der Waals surface area contributed by atoms with Gasteiger partial charge in [-0.05, 0) is 55.0 Å². The number of oxazole rings is 1. The average molecular weight is 421 g/mol. The Balaban J connectivity index is 1.82. The number of nitriles is 1. The fourth-order valence-corrected chi connectivity index (χ4v) is 2.87. The highest BCUT2D eigenvalue weighted by Gasteiger charge is 2.14. The van der Waals surface area contributed by atoms with Crippen molar-refractivity contribution >= 4 is 23.7 Å². The number of rotatable bonds is 9. The molecule has 1 aromatic heterocycles. The molecule has 0 saturated heterocycles. The third kappa shape index (κ3) is 5.08. The van der Waals surface area contributed by atoms with E-state index in [-0.39, 0.29) is 17.5 Å². The van der Waals surface area contributed by atoms with Crippen LogP contribution in [-0.2, 0) is 0 Å². The summed E-state index contributed by atoms with van der Waals surface area (Å²) in [6.07, 6.45) is 3.43. The van der Waals surface area contributed by atoms with Gasteiger partial charge in [-0.15, -0.1) is 0 Å². The third-order valence-corrected chi connectivity index (χ3v) is 4.28. The van der Waals surface area contributed by atoms with E-state index in [1.807, 2.05) is 37.3 Å². The minimum absolute atomic E-state index is 0.151. The molecule has 160 valence electrons. The number of aromatic nitrogens is 1. The van der Waals surface area contributed by atoms with Crippen molar-refractivity contribution in [1.82, 2.24) is 4.98 Å². The van der Waals surface area contributed by atoms with Gasteiger partial charge < -0.3 is 28.7 Å². The Hall–Kier alpha value is -4.12. The fourth-order valence-electron chi connectivity index (χ4n) is 2.87. The highest BCUT2D eigenvalue weighted by Crippen LogP contribution is 2.38. The summed E-state index contributed by atoms with van der Waals surface area (Å²) < 4.78 is 27.2. The number of methoxy groups -OCH3 is 3. The number of nitrogens with zero attached hydrogens (tertiary/aromatic N) is 2. The van der Waals surface area contributed by atoms with Gasteiger partial charge in [0.05, 0.1) is 27.9 Å².